The number of hydrogen-bond donors (Lipinski definition) is 1. The molecular weight excluding hydrogens is 382 g/mol. The number of carbonyl (C=O) groups is 1. The molecule has 7 nitrogen and oxygen atoms in total. The first kappa shape index (κ1) is 19.7. The molecule has 1 amide bonds. The number of nitrogens with one attached hydrogen (secondary N) is 1. The highest BCUT2D eigenvalue weighted by Gasteiger charge is 2.17. The van der Waals surface area contributed by atoms with Gasteiger partial charge in [-0.25, -0.2) is 4.63 Å². The Morgan fingerprint density at radius 1 is 1.18 bits per heavy atom. The zero-order valence-corrected chi connectivity index (χ0v) is 16.5. The van der Waals surface area contributed by atoms with Gasteiger partial charge in [-0.05, 0) is 58.7 Å². The zero-order chi connectivity index (χ0) is 20.1. The van der Waals surface area contributed by atoms with Crippen LogP contribution in [0.3, 0.4) is 0 Å². The summed E-state index contributed by atoms with van der Waals surface area (Å²) in [5, 5.41) is 10.7. The van der Waals surface area contributed by atoms with Crippen LogP contribution in [0.2, 0.25) is 5.02 Å². The van der Waals surface area contributed by atoms with E-state index in [9.17, 15) is 4.79 Å². The third-order valence-electron chi connectivity index (χ3n) is 3.85. The molecule has 0 bridgehead atoms. The number of amides is 1. The van der Waals surface area contributed by atoms with Gasteiger partial charge in [0.25, 0.3) is 5.91 Å². The lowest BCUT2D eigenvalue weighted by molar-refractivity contribution is 0.102. The number of hydrogen-bond acceptors (Lipinski definition) is 6. The van der Waals surface area contributed by atoms with Crippen molar-refractivity contribution in [1.82, 2.24) is 10.3 Å². The Morgan fingerprint density at radius 2 is 1.93 bits per heavy atom. The topological polar surface area (TPSA) is 86.5 Å². The van der Waals surface area contributed by atoms with E-state index in [1.165, 1.54) is 13.2 Å². The van der Waals surface area contributed by atoms with Crippen LogP contribution in [0.25, 0.3) is 11.3 Å². The average molecular weight is 402 g/mol. The van der Waals surface area contributed by atoms with Gasteiger partial charge in [0.2, 0.25) is 5.82 Å². The van der Waals surface area contributed by atoms with E-state index in [2.05, 4.69) is 29.5 Å². The molecule has 3 rings (SSSR count). The number of nitrogens with zero attached hydrogens (tertiary/aromatic N) is 2. The van der Waals surface area contributed by atoms with Gasteiger partial charge < -0.3 is 14.8 Å². The fourth-order valence-electron chi connectivity index (χ4n) is 2.42. The molecule has 0 spiro atoms. The van der Waals surface area contributed by atoms with Crippen LogP contribution < -0.4 is 14.8 Å². The molecule has 28 heavy (non-hydrogen) atoms. The second kappa shape index (κ2) is 8.75. The normalized spacial score (nSPS) is 10.8. The van der Waals surface area contributed by atoms with E-state index in [0.29, 0.717) is 34.6 Å². The van der Waals surface area contributed by atoms with Crippen molar-refractivity contribution < 1.29 is 18.9 Å². The maximum Gasteiger partial charge on any atom is 0.257 e. The van der Waals surface area contributed by atoms with E-state index < -0.39 is 5.91 Å². The summed E-state index contributed by atoms with van der Waals surface area (Å²) < 4.78 is 15.6. The summed E-state index contributed by atoms with van der Waals surface area (Å²) in [5.74, 6) is 1.51. The summed E-state index contributed by atoms with van der Waals surface area (Å²) in [4.78, 5) is 12.5. The average Bonchev–Trinajstić information content (AvgIpc) is 3.14. The summed E-state index contributed by atoms with van der Waals surface area (Å²) >= 11 is 6.08. The summed E-state index contributed by atoms with van der Waals surface area (Å²) in [5.41, 5.74) is 1.52. The molecule has 0 saturated heterocycles. The Kier molecular flexibility index (Phi) is 6.16. The molecule has 1 heterocycles. The highest BCUT2D eigenvalue weighted by Crippen LogP contribution is 2.28. The highest BCUT2D eigenvalue weighted by molar-refractivity contribution is 6.32. The predicted molar refractivity (Wildman–Crippen MR) is 106 cm³/mol. The van der Waals surface area contributed by atoms with E-state index in [1.54, 1.807) is 12.1 Å². The van der Waals surface area contributed by atoms with E-state index in [1.807, 2.05) is 24.3 Å². The Bertz CT molecular complexity index is 954. The molecule has 0 atom stereocenters. The lowest BCUT2D eigenvalue weighted by Gasteiger charge is -2.09. The Morgan fingerprint density at radius 3 is 2.57 bits per heavy atom. The van der Waals surface area contributed by atoms with Crippen LogP contribution in [0.1, 0.15) is 24.2 Å². The Labute approximate surface area is 167 Å². The molecule has 1 N–H and O–H groups in total. The lowest BCUT2D eigenvalue weighted by atomic mass is 10.1. The molecule has 0 aliphatic carbocycles. The van der Waals surface area contributed by atoms with Gasteiger partial charge in [-0.15, -0.1) is 0 Å². The predicted octanol–water partition coefficient (Wildman–Crippen LogP) is 4.69. The number of ether oxygens (including phenoxy) is 2. The monoisotopic (exact) mass is 401 g/mol. The summed E-state index contributed by atoms with van der Waals surface area (Å²) in [6.45, 7) is 4.80. The van der Waals surface area contributed by atoms with Crippen molar-refractivity contribution in [3.8, 4) is 22.8 Å². The molecule has 0 saturated carbocycles. The third kappa shape index (κ3) is 4.61. The van der Waals surface area contributed by atoms with Crippen LogP contribution in [-0.4, -0.2) is 29.9 Å². The molecule has 3 aromatic rings. The van der Waals surface area contributed by atoms with Gasteiger partial charge in [-0.3, -0.25) is 4.79 Å². The molecule has 0 radical (unpaired) electrons. The second-order valence-electron chi connectivity index (χ2n) is 6.49. The van der Waals surface area contributed by atoms with Crippen molar-refractivity contribution in [3.05, 3.63) is 53.1 Å². The lowest BCUT2D eigenvalue weighted by Crippen LogP contribution is -2.13. The fourth-order valence-corrected chi connectivity index (χ4v) is 2.68. The highest BCUT2D eigenvalue weighted by atomic mass is 35.5. The number of benzene rings is 2. The summed E-state index contributed by atoms with van der Waals surface area (Å²) in [6.07, 6.45) is 0. The number of halogens is 1. The van der Waals surface area contributed by atoms with E-state index >= 15 is 0 Å². The quantitative estimate of drug-likeness (QED) is 0.618. The van der Waals surface area contributed by atoms with Crippen molar-refractivity contribution >= 4 is 23.3 Å². The van der Waals surface area contributed by atoms with Gasteiger partial charge in [0.15, 0.2) is 5.69 Å². The molecule has 2 aromatic carbocycles. The van der Waals surface area contributed by atoms with Gasteiger partial charge >= 0.3 is 0 Å². The first-order valence-corrected chi connectivity index (χ1v) is 9.06. The number of anilines is 1. The molecule has 0 fully saturated rings. The van der Waals surface area contributed by atoms with E-state index in [-0.39, 0.29) is 5.82 Å². The smallest absolute Gasteiger partial charge is 0.257 e. The van der Waals surface area contributed by atoms with Crippen LogP contribution in [-0.2, 0) is 0 Å². The largest absolute Gasteiger partial charge is 0.495 e. The molecular formula is C20H20ClN3O4. The number of rotatable bonds is 7. The molecule has 0 aliphatic heterocycles. The Hall–Kier alpha value is -3.06. The summed E-state index contributed by atoms with van der Waals surface area (Å²) in [7, 11) is 1.51. The molecule has 1 aromatic heterocycles. The van der Waals surface area contributed by atoms with Crippen molar-refractivity contribution in [1.29, 1.82) is 0 Å². The van der Waals surface area contributed by atoms with Gasteiger partial charge in [-0.2, -0.15) is 0 Å². The van der Waals surface area contributed by atoms with Gasteiger partial charge in [0, 0.05) is 11.1 Å². The number of methoxy groups -OCH3 is 1. The van der Waals surface area contributed by atoms with Gasteiger partial charge in [-0.1, -0.05) is 25.4 Å². The van der Waals surface area contributed by atoms with Crippen molar-refractivity contribution in [2.75, 3.05) is 19.0 Å². The van der Waals surface area contributed by atoms with E-state index in [4.69, 9.17) is 25.7 Å². The Balaban J connectivity index is 1.75. The second-order valence-corrected chi connectivity index (χ2v) is 6.90. The fraction of sp³-hybridized carbons (Fsp3) is 0.250. The van der Waals surface area contributed by atoms with Crippen LogP contribution in [0, 0.1) is 5.92 Å². The molecule has 0 aliphatic rings. The van der Waals surface area contributed by atoms with Crippen LogP contribution in [0.15, 0.2) is 47.1 Å². The van der Waals surface area contributed by atoms with Gasteiger partial charge in [0.05, 0.1) is 18.7 Å². The molecule has 146 valence electrons. The van der Waals surface area contributed by atoms with Crippen molar-refractivity contribution in [2.24, 2.45) is 5.92 Å². The van der Waals surface area contributed by atoms with Crippen LogP contribution in [0.4, 0.5) is 5.82 Å². The number of carbonyl (C=O) groups excluding carboxylic acids is 1. The standard InChI is InChI=1S/C20H20ClN3O4/c1-12(2)11-27-15-7-4-13(5-8-15)18-19(24-28-23-18)22-20(25)14-6-9-17(26-3)16(21)10-14/h4-10,12H,11H2,1-3H3,(H,22,24,25). The van der Waals surface area contributed by atoms with Gasteiger partial charge in [0.1, 0.15) is 11.5 Å². The maximum atomic E-state index is 12.5. The first-order valence-electron chi connectivity index (χ1n) is 8.68. The third-order valence-corrected chi connectivity index (χ3v) is 4.14. The van der Waals surface area contributed by atoms with E-state index in [0.717, 1.165) is 11.3 Å². The summed E-state index contributed by atoms with van der Waals surface area (Å²) in [6, 6.07) is 12.1. The minimum Gasteiger partial charge on any atom is -0.495 e. The SMILES string of the molecule is COc1ccc(C(=O)Nc2nonc2-c2ccc(OCC(C)C)cc2)cc1Cl. The maximum absolute atomic E-state index is 12.5. The molecule has 0 unspecified atom stereocenters. The molecule has 8 heteroatoms. The first-order chi connectivity index (χ1) is 13.5. The number of aromatic nitrogens is 2. The zero-order valence-electron chi connectivity index (χ0n) is 15.7. The van der Waals surface area contributed by atoms with Crippen molar-refractivity contribution in [3.63, 3.8) is 0 Å². The van der Waals surface area contributed by atoms with Crippen LogP contribution in [0.5, 0.6) is 11.5 Å². The minimum absolute atomic E-state index is 0.216. The van der Waals surface area contributed by atoms with Crippen molar-refractivity contribution in [2.45, 2.75) is 13.8 Å². The minimum atomic E-state index is -0.390. The van der Waals surface area contributed by atoms with Crippen LogP contribution >= 0.6 is 11.6 Å².